The maximum absolute atomic E-state index is 4.63. The lowest BCUT2D eigenvalue weighted by Gasteiger charge is -2.43. The Balaban J connectivity index is 2.15. The molecule has 1 aromatic heterocycles. The molecule has 1 aromatic rings. The van der Waals surface area contributed by atoms with Crippen molar-refractivity contribution in [3.63, 3.8) is 0 Å². The molecule has 2 unspecified atom stereocenters. The molecular weight excluding hydrogens is 256 g/mol. The molecule has 0 amide bonds. The summed E-state index contributed by atoms with van der Waals surface area (Å²) in [6.07, 6.45) is 9.71. The van der Waals surface area contributed by atoms with Gasteiger partial charge in [-0.05, 0) is 55.7 Å². The summed E-state index contributed by atoms with van der Waals surface area (Å²) >= 11 is 0. The largest absolute Gasteiger partial charge is 0.313 e. The van der Waals surface area contributed by atoms with Crippen molar-refractivity contribution in [2.45, 2.75) is 72.3 Å². The highest BCUT2D eigenvalue weighted by Crippen LogP contribution is 2.43. The van der Waals surface area contributed by atoms with E-state index in [-0.39, 0.29) is 0 Å². The van der Waals surface area contributed by atoms with Crippen LogP contribution in [0, 0.1) is 18.3 Å². The topological polar surface area (TPSA) is 24.9 Å². The Morgan fingerprint density at radius 3 is 2.86 bits per heavy atom. The first-order chi connectivity index (χ1) is 10.0. The van der Waals surface area contributed by atoms with Crippen LogP contribution >= 0.6 is 0 Å². The molecular formula is C19H32N2. The first-order valence-corrected chi connectivity index (χ1v) is 8.68. The van der Waals surface area contributed by atoms with E-state index in [1.54, 1.807) is 0 Å². The van der Waals surface area contributed by atoms with Crippen molar-refractivity contribution in [3.05, 3.63) is 29.6 Å². The summed E-state index contributed by atoms with van der Waals surface area (Å²) in [5, 5.41) is 3.83. The number of pyridine rings is 1. The molecule has 118 valence electrons. The fourth-order valence-electron chi connectivity index (χ4n) is 3.89. The molecule has 2 heteroatoms. The molecule has 0 aliphatic heterocycles. The standard InChI is InChI=1S/C19H32N2/c1-5-12-20-18(14-17-15(2)9-8-13-21-17)16-10-6-7-11-19(16,3)4/h8-9,13,16,18,20H,5-7,10-12,14H2,1-4H3. The quantitative estimate of drug-likeness (QED) is 0.832. The van der Waals surface area contributed by atoms with Crippen LogP contribution < -0.4 is 5.32 Å². The number of nitrogens with zero attached hydrogens (tertiary/aromatic N) is 1. The van der Waals surface area contributed by atoms with E-state index < -0.39 is 0 Å². The average molecular weight is 288 g/mol. The molecule has 2 atom stereocenters. The van der Waals surface area contributed by atoms with Crippen LogP contribution in [0.4, 0.5) is 0 Å². The van der Waals surface area contributed by atoms with Gasteiger partial charge in [0.1, 0.15) is 0 Å². The van der Waals surface area contributed by atoms with E-state index in [0.717, 1.165) is 18.9 Å². The van der Waals surface area contributed by atoms with Crippen LogP contribution in [0.1, 0.15) is 64.1 Å². The van der Waals surface area contributed by atoms with E-state index in [0.29, 0.717) is 11.5 Å². The van der Waals surface area contributed by atoms with Gasteiger partial charge in [0.05, 0.1) is 0 Å². The van der Waals surface area contributed by atoms with Crippen LogP contribution in [0.15, 0.2) is 18.3 Å². The molecule has 0 bridgehead atoms. The highest BCUT2D eigenvalue weighted by molar-refractivity contribution is 5.19. The van der Waals surface area contributed by atoms with Crippen molar-refractivity contribution in [2.24, 2.45) is 11.3 Å². The smallest absolute Gasteiger partial charge is 0.0448 e. The Labute approximate surface area is 130 Å². The van der Waals surface area contributed by atoms with Gasteiger partial charge in [0.15, 0.2) is 0 Å². The minimum absolute atomic E-state index is 0.451. The summed E-state index contributed by atoms with van der Waals surface area (Å²) in [6.45, 7) is 10.5. The van der Waals surface area contributed by atoms with Gasteiger partial charge in [-0.15, -0.1) is 0 Å². The van der Waals surface area contributed by atoms with Crippen molar-refractivity contribution < 1.29 is 0 Å². The molecule has 0 radical (unpaired) electrons. The van der Waals surface area contributed by atoms with Crippen LogP contribution in [-0.4, -0.2) is 17.6 Å². The van der Waals surface area contributed by atoms with Gasteiger partial charge in [-0.1, -0.05) is 39.7 Å². The number of rotatable bonds is 6. The summed E-state index contributed by atoms with van der Waals surface area (Å²) in [4.78, 5) is 4.63. The van der Waals surface area contributed by atoms with Gasteiger partial charge in [0.25, 0.3) is 0 Å². The van der Waals surface area contributed by atoms with Gasteiger partial charge in [0.2, 0.25) is 0 Å². The Kier molecular flexibility index (Phi) is 5.80. The van der Waals surface area contributed by atoms with Gasteiger partial charge in [-0.3, -0.25) is 4.98 Å². The molecule has 2 rings (SSSR count). The summed E-state index contributed by atoms with van der Waals surface area (Å²) in [5.41, 5.74) is 3.05. The van der Waals surface area contributed by atoms with Crippen molar-refractivity contribution in [2.75, 3.05) is 6.54 Å². The first kappa shape index (κ1) is 16.5. The highest BCUT2D eigenvalue weighted by Gasteiger charge is 2.37. The maximum atomic E-state index is 4.63. The van der Waals surface area contributed by atoms with Crippen molar-refractivity contribution in [3.8, 4) is 0 Å². The molecule has 0 spiro atoms. The lowest BCUT2D eigenvalue weighted by Crippen LogP contribution is -2.46. The number of aryl methyl sites for hydroxylation is 1. The summed E-state index contributed by atoms with van der Waals surface area (Å²) < 4.78 is 0. The fraction of sp³-hybridized carbons (Fsp3) is 0.737. The minimum Gasteiger partial charge on any atom is -0.313 e. The van der Waals surface area contributed by atoms with Gasteiger partial charge in [-0.25, -0.2) is 0 Å². The van der Waals surface area contributed by atoms with E-state index in [2.05, 4.69) is 44.1 Å². The SMILES string of the molecule is CCCNC(Cc1ncccc1C)C1CCCCC1(C)C. The normalized spacial score (nSPS) is 23.0. The Hall–Kier alpha value is -0.890. The van der Waals surface area contributed by atoms with Crippen LogP contribution in [0.5, 0.6) is 0 Å². The molecule has 1 N–H and O–H groups in total. The molecule has 1 fully saturated rings. The Bertz CT molecular complexity index is 439. The van der Waals surface area contributed by atoms with Gasteiger partial charge < -0.3 is 5.32 Å². The average Bonchev–Trinajstić information content (AvgIpc) is 2.45. The van der Waals surface area contributed by atoms with Crippen molar-refractivity contribution in [1.82, 2.24) is 10.3 Å². The number of hydrogen-bond acceptors (Lipinski definition) is 2. The molecule has 2 nitrogen and oxygen atoms in total. The number of nitrogens with one attached hydrogen (secondary N) is 1. The molecule has 1 aliphatic carbocycles. The van der Waals surface area contributed by atoms with Gasteiger partial charge >= 0.3 is 0 Å². The summed E-state index contributed by atoms with van der Waals surface area (Å²) in [5.74, 6) is 0.763. The van der Waals surface area contributed by atoms with Gasteiger partial charge in [0, 0.05) is 24.4 Å². The highest BCUT2D eigenvalue weighted by atomic mass is 14.9. The molecule has 1 heterocycles. The fourth-order valence-corrected chi connectivity index (χ4v) is 3.89. The monoisotopic (exact) mass is 288 g/mol. The third-order valence-electron chi connectivity index (χ3n) is 5.26. The van der Waals surface area contributed by atoms with Crippen LogP contribution in [0.25, 0.3) is 0 Å². The van der Waals surface area contributed by atoms with Crippen LogP contribution in [-0.2, 0) is 6.42 Å². The Morgan fingerprint density at radius 1 is 1.38 bits per heavy atom. The zero-order valence-electron chi connectivity index (χ0n) is 14.3. The second-order valence-corrected chi connectivity index (χ2v) is 7.37. The third kappa shape index (κ3) is 4.29. The van der Waals surface area contributed by atoms with E-state index >= 15 is 0 Å². The van der Waals surface area contributed by atoms with Crippen molar-refractivity contribution in [1.29, 1.82) is 0 Å². The molecule has 1 aliphatic rings. The number of aromatic nitrogens is 1. The zero-order valence-corrected chi connectivity index (χ0v) is 14.3. The van der Waals surface area contributed by atoms with E-state index in [1.165, 1.54) is 43.4 Å². The van der Waals surface area contributed by atoms with Crippen molar-refractivity contribution >= 4 is 0 Å². The van der Waals surface area contributed by atoms with E-state index in [4.69, 9.17) is 0 Å². The van der Waals surface area contributed by atoms with Crippen LogP contribution in [0.3, 0.4) is 0 Å². The first-order valence-electron chi connectivity index (χ1n) is 8.68. The summed E-state index contributed by atoms with van der Waals surface area (Å²) in [6, 6.07) is 4.79. The summed E-state index contributed by atoms with van der Waals surface area (Å²) in [7, 11) is 0. The Morgan fingerprint density at radius 2 is 2.19 bits per heavy atom. The second kappa shape index (κ2) is 7.40. The van der Waals surface area contributed by atoms with E-state index in [9.17, 15) is 0 Å². The lowest BCUT2D eigenvalue weighted by molar-refractivity contribution is 0.0977. The predicted octanol–water partition coefficient (Wildman–Crippen LogP) is 4.52. The number of hydrogen-bond donors (Lipinski definition) is 1. The van der Waals surface area contributed by atoms with E-state index in [1.807, 2.05) is 12.3 Å². The predicted molar refractivity (Wildman–Crippen MR) is 90.5 cm³/mol. The second-order valence-electron chi connectivity index (χ2n) is 7.37. The lowest BCUT2D eigenvalue weighted by atomic mass is 9.65. The van der Waals surface area contributed by atoms with Crippen LogP contribution in [0.2, 0.25) is 0 Å². The maximum Gasteiger partial charge on any atom is 0.0448 e. The molecule has 1 saturated carbocycles. The van der Waals surface area contributed by atoms with Gasteiger partial charge in [-0.2, -0.15) is 0 Å². The zero-order chi connectivity index (χ0) is 15.3. The third-order valence-corrected chi connectivity index (χ3v) is 5.26. The molecule has 21 heavy (non-hydrogen) atoms. The molecule has 0 saturated heterocycles. The molecule has 0 aromatic carbocycles. The minimum atomic E-state index is 0.451.